The molecule has 0 saturated carbocycles. The van der Waals surface area contributed by atoms with Crippen molar-refractivity contribution >= 4 is 27.5 Å². The van der Waals surface area contributed by atoms with Crippen LogP contribution in [0.25, 0.3) is 0 Å². The molecule has 2 heterocycles. The lowest BCUT2D eigenvalue weighted by molar-refractivity contribution is 0.492. The molecule has 0 aromatic carbocycles. The van der Waals surface area contributed by atoms with Crippen molar-refractivity contribution in [3.05, 3.63) is 39.0 Å². The molecule has 0 aliphatic heterocycles. The standard InChI is InChI=1S/C13H18BrClN4O/c1-3-9-12(15)11(19(4-2)18-9)7-10(17-16)8-5-6-20-13(8)14/h5-6,10,17H,3-4,7,16H2,1-2H3. The molecule has 0 amide bonds. The van der Waals surface area contributed by atoms with E-state index in [1.54, 1.807) is 6.26 Å². The molecule has 0 bridgehead atoms. The van der Waals surface area contributed by atoms with E-state index in [2.05, 4.69) is 26.5 Å². The van der Waals surface area contributed by atoms with Gasteiger partial charge in [-0.05, 0) is 35.3 Å². The maximum Gasteiger partial charge on any atom is 0.173 e. The fourth-order valence-electron chi connectivity index (χ4n) is 2.22. The molecule has 2 rings (SSSR count). The summed E-state index contributed by atoms with van der Waals surface area (Å²) >= 11 is 9.80. The van der Waals surface area contributed by atoms with E-state index in [9.17, 15) is 0 Å². The highest BCUT2D eigenvalue weighted by Gasteiger charge is 2.21. The molecule has 0 aliphatic carbocycles. The molecule has 0 radical (unpaired) electrons. The first kappa shape index (κ1) is 15.6. The van der Waals surface area contributed by atoms with E-state index in [1.807, 2.05) is 24.6 Å². The molecule has 2 aromatic rings. The Hall–Kier alpha value is -0.820. The van der Waals surface area contributed by atoms with Gasteiger partial charge in [-0.1, -0.05) is 18.5 Å². The van der Waals surface area contributed by atoms with Gasteiger partial charge < -0.3 is 4.42 Å². The average molecular weight is 362 g/mol. The molecule has 5 nitrogen and oxygen atoms in total. The minimum atomic E-state index is -0.0904. The number of nitrogens with zero attached hydrogens (tertiary/aromatic N) is 2. The van der Waals surface area contributed by atoms with Crippen LogP contribution in [0.15, 0.2) is 21.4 Å². The number of hydrazine groups is 1. The highest BCUT2D eigenvalue weighted by molar-refractivity contribution is 9.10. The van der Waals surface area contributed by atoms with Crippen LogP contribution in [-0.2, 0) is 19.4 Å². The molecular formula is C13H18BrClN4O. The van der Waals surface area contributed by atoms with Crippen LogP contribution in [0.2, 0.25) is 5.02 Å². The normalized spacial score (nSPS) is 12.8. The van der Waals surface area contributed by atoms with Gasteiger partial charge in [-0.3, -0.25) is 16.0 Å². The summed E-state index contributed by atoms with van der Waals surface area (Å²) in [7, 11) is 0. The van der Waals surface area contributed by atoms with Gasteiger partial charge in [0, 0.05) is 18.5 Å². The number of nitrogens with one attached hydrogen (secondary N) is 1. The zero-order valence-electron chi connectivity index (χ0n) is 11.5. The Morgan fingerprint density at radius 1 is 1.55 bits per heavy atom. The van der Waals surface area contributed by atoms with E-state index in [0.29, 0.717) is 11.1 Å². The average Bonchev–Trinajstić information content (AvgIpc) is 3.00. The Morgan fingerprint density at radius 3 is 2.80 bits per heavy atom. The maximum absolute atomic E-state index is 6.42. The van der Waals surface area contributed by atoms with Gasteiger partial charge in [-0.25, -0.2) is 0 Å². The van der Waals surface area contributed by atoms with Gasteiger partial charge in [-0.15, -0.1) is 0 Å². The Balaban J connectivity index is 2.32. The molecule has 2 aromatic heterocycles. The van der Waals surface area contributed by atoms with Crippen LogP contribution in [0.1, 0.15) is 36.8 Å². The van der Waals surface area contributed by atoms with Gasteiger partial charge in [0.05, 0.1) is 28.7 Å². The van der Waals surface area contributed by atoms with E-state index in [4.69, 9.17) is 21.9 Å². The van der Waals surface area contributed by atoms with E-state index in [1.165, 1.54) is 0 Å². The zero-order chi connectivity index (χ0) is 14.7. The molecule has 7 heteroatoms. The lowest BCUT2D eigenvalue weighted by atomic mass is 10.1. The highest BCUT2D eigenvalue weighted by atomic mass is 79.9. The van der Waals surface area contributed by atoms with Crippen LogP contribution in [0.3, 0.4) is 0 Å². The molecule has 20 heavy (non-hydrogen) atoms. The number of rotatable bonds is 6. The number of aryl methyl sites for hydroxylation is 2. The summed E-state index contributed by atoms with van der Waals surface area (Å²) < 4.78 is 7.87. The van der Waals surface area contributed by atoms with E-state index in [-0.39, 0.29) is 6.04 Å². The number of furan rings is 1. The second-order valence-electron chi connectivity index (χ2n) is 4.45. The predicted molar refractivity (Wildman–Crippen MR) is 82.5 cm³/mol. The number of nitrogens with two attached hydrogens (primary N) is 1. The molecular weight excluding hydrogens is 344 g/mol. The molecule has 1 atom stereocenters. The first-order valence-electron chi connectivity index (χ1n) is 6.55. The third kappa shape index (κ3) is 2.93. The second-order valence-corrected chi connectivity index (χ2v) is 5.55. The van der Waals surface area contributed by atoms with Crippen molar-refractivity contribution in [2.45, 2.75) is 39.3 Å². The lowest BCUT2D eigenvalue weighted by Gasteiger charge is -2.16. The van der Waals surface area contributed by atoms with Crippen LogP contribution in [-0.4, -0.2) is 9.78 Å². The quantitative estimate of drug-likeness (QED) is 0.612. The summed E-state index contributed by atoms with van der Waals surface area (Å²) in [4.78, 5) is 0. The number of hydrogen-bond donors (Lipinski definition) is 2. The summed E-state index contributed by atoms with van der Waals surface area (Å²) in [6.45, 7) is 4.87. The van der Waals surface area contributed by atoms with Crippen molar-refractivity contribution in [1.29, 1.82) is 0 Å². The van der Waals surface area contributed by atoms with Crippen LogP contribution < -0.4 is 11.3 Å². The summed E-state index contributed by atoms with van der Waals surface area (Å²) in [5.41, 5.74) is 5.68. The van der Waals surface area contributed by atoms with Gasteiger partial charge >= 0.3 is 0 Å². The Kier molecular flexibility index (Phi) is 5.26. The lowest BCUT2D eigenvalue weighted by Crippen LogP contribution is -2.30. The van der Waals surface area contributed by atoms with Crippen LogP contribution in [0.5, 0.6) is 0 Å². The molecule has 0 fully saturated rings. The van der Waals surface area contributed by atoms with Crippen molar-refractivity contribution in [3.8, 4) is 0 Å². The van der Waals surface area contributed by atoms with Gasteiger partial charge in [0.15, 0.2) is 4.67 Å². The van der Waals surface area contributed by atoms with E-state index in [0.717, 1.165) is 34.9 Å². The predicted octanol–water partition coefficient (Wildman–Crippen LogP) is 3.22. The van der Waals surface area contributed by atoms with Crippen molar-refractivity contribution < 1.29 is 4.42 Å². The first-order valence-corrected chi connectivity index (χ1v) is 7.72. The fourth-order valence-corrected chi connectivity index (χ4v) is 3.08. The summed E-state index contributed by atoms with van der Waals surface area (Å²) in [6, 6.07) is 1.79. The van der Waals surface area contributed by atoms with Crippen molar-refractivity contribution in [2.24, 2.45) is 5.84 Å². The van der Waals surface area contributed by atoms with Crippen LogP contribution in [0, 0.1) is 0 Å². The highest BCUT2D eigenvalue weighted by Crippen LogP contribution is 2.30. The second kappa shape index (κ2) is 6.76. The van der Waals surface area contributed by atoms with Crippen molar-refractivity contribution in [1.82, 2.24) is 15.2 Å². The van der Waals surface area contributed by atoms with Crippen LogP contribution >= 0.6 is 27.5 Å². The topological polar surface area (TPSA) is 69.0 Å². The summed E-state index contributed by atoms with van der Waals surface area (Å²) in [5.74, 6) is 5.68. The molecule has 1 unspecified atom stereocenters. The van der Waals surface area contributed by atoms with Gasteiger partial charge in [0.25, 0.3) is 0 Å². The zero-order valence-corrected chi connectivity index (χ0v) is 13.8. The van der Waals surface area contributed by atoms with Gasteiger partial charge in [0.1, 0.15) is 0 Å². The smallest absolute Gasteiger partial charge is 0.173 e. The third-order valence-electron chi connectivity index (χ3n) is 3.31. The Labute approximate surface area is 131 Å². The van der Waals surface area contributed by atoms with Crippen molar-refractivity contribution in [2.75, 3.05) is 0 Å². The monoisotopic (exact) mass is 360 g/mol. The largest absolute Gasteiger partial charge is 0.457 e. The summed E-state index contributed by atoms with van der Waals surface area (Å²) in [6.07, 6.45) is 3.09. The molecule has 0 spiro atoms. The SMILES string of the molecule is CCc1nn(CC)c(CC(NN)c2ccoc2Br)c1Cl. The third-order valence-corrected chi connectivity index (χ3v) is 4.40. The minimum Gasteiger partial charge on any atom is -0.457 e. The Bertz CT molecular complexity index is 581. The number of hydrogen-bond acceptors (Lipinski definition) is 4. The maximum atomic E-state index is 6.42. The van der Waals surface area contributed by atoms with Crippen LogP contribution in [0.4, 0.5) is 0 Å². The first-order chi connectivity index (χ1) is 9.62. The van der Waals surface area contributed by atoms with Crippen molar-refractivity contribution in [3.63, 3.8) is 0 Å². The molecule has 0 saturated heterocycles. The Morgan fingerprint density at radius 2 is 2.30 bits per heavy atom. The van der Waals surface area contributed by atoms with E-state index < -0.39 is 0 Å². The number of aromatic nitrogens is 2. The van der Waals surface area contributed by atoms with Gasteiger partial charge in [-0.2, -0.15) is 5.10 Å². The fraction of sp³-hybridized carbons (Fsp3) is 0.462. The molecule has 110 valence electrons. The molecule has 0 aliphatic rings. The molecule has 3 N–H and O–H groups in total. The van der Waals surface area contributed by atoms with E-state index >= 15 is 0 Å². The minimum absolute atomic E-state index is 0.0904. The number of halogens is 2. The van der Waals surface area contributed by atoms with Gasteiger partial charge in [0.2, 0.25) is 0 Å². The summed E-state index contributed by atoms with van der Waals surface area (Å²) in [5, 5.41) is 5.25.